The Balaban J connectivity index is 2.48. The molecule has 9 nitrogen and oxygen atoms in total. The van der Waals surface area contributed by atoms with E-state index in [1.165, 1.54) is 5.48 Å². The molecule has 0 saturated heterocycles. The molecular weight excluding hydrogens is 270 g/mol. The molecule has 1 rings (SSSR count). The van der Waals surface area contributed by atoms with Crippen LogP contribution in [-0.2, 0) is 16.0 Å². The Kier molecular flexibility index (Phi) is 4.83. The van der Waals surface area contributed by atoms with E-state index in [1.54, 1.807) is 0 Å². The molecule has 3 N–H and O–H groups in total. The third kappa shape index (κ3) is 4.93. The van der Waals surface area contributed by atoms with Crippen molar-refractivity contribution in [2.24, 2.45) is 0 Å². The van der Waals surface area contributed by atoms with Crippen molar-refractivity contribution >= 4 is 11.9 Å². The SMILES string of the molecule is O=C(COCC(F)(F)Cc1cnc([N+](=O)[O-])[nH]1)NO. The largest absolute Gasteiger partial charge is 0.432 e. The van der Waals surface area contributed by atoms with Gasteiger partial charge in [0.15, 0.2) is 0 Å². The standard InChI is InChI=1S/C8H10F2N4O5/c9-8(10,4-19-3-6(15)13-16)1-5-2-11-7(12-5)14(17)18/h2,16H,1,3-4H2,(H,11,12)(H,13,15). The number of nitrogens with one attached hydrogen (secondary N) is 2. The number of carbonyl (C=O) groups is 1. The lowest BCUT2D eigenvalue weighted by Gasteiger charge is -2.14. The predicted octanol–water partition coefficient (Wildman–Crippen LogP) is 0.0177. The Labute approximate surface area is 104 Å². The highest BCUT2D eigenvalue weighted by Crippen LogP contribution is 2.20. The highest BCUT2D eigenvalue weighted by Gasteiger charge is 2.32. The number of rotatable bonds is 7. The third-order valence-corrected chi connectivity index (χ3v) is 1.91. The highest BCUT2D eigenvalue weighted by atomic mass is 19.3. The normalized spacial score (nSPS) is 11.3. The van der Waals surface area contributed by atoms with Gasteiger partial charge in [-0.2, -0.15) is 0 Å². The minimum absolute atomic E-state index is 0.132. The molecule has 0 bridgehead atoms. The number of hydrogen-bond donors (Lipinski definition) is 3. The number of H-pyrrole nitrogens is 1. The molecule has 19 heavy (non-hydrogen) atoms. The van der Waals surface area contributed by atoms with Gasteiger partial charge in [-0.25, -0.2) is 19.2 Å². The number of alkyl halides is 2. The number of hydrogen-bond acceptors (Lipinski definition) is 6. The Morgan fingerprint density at radius 3 is 2.89 bits per heavy atom. The molecule has 1 heterocycles. The van der Waals surface area contributed by atoms with Crippen molar-refractivity contribution in [1.82, 2.24) is 15.4 Å². The Bertz CT molecular complexity index is 464. The van der Waals surface area contributed by atoms with Crippen LogP contribution in [0.4, 0.5) is 14.7 Å². The molecule has 1 aromatic rings. The quantitative estimate of drug-likeness (QED) is 0.366. The van der Waals surface area contributed by atoms with Crippen LogP contribution in [0.3, 0.4) is 0 Å². The Morgan fingerprint density at radius 1 is 1.68 bits per heavy atom. The summed E-state index contributed by atoms with van der Waals surface area (Å²) in [4.78, 5) is 25.4. The number of nitrogens with zero attached hydrogens (tertiary/aromatic N) is 2. The maximum Gasteiger partial charge on any atom is 0.432 e. The van der Waals surface area contributed by atoms with Gasteiger partial charge < -0.3 is 14.9 Å². The minimum atomic E-state index is -3.34. The van der Waals surface area contributed by atoms with Gasteiger partial charge in [-0.15, -0.1) is 0 Å². The molecule has 106 valence electrons. The first-order valence-corrected chi connectivity index (χ1v) is 4.91. The smallest absolute Gasteiger partial charge is 0.390 e. The topological polar surface area (TPSA) is 130 Å². The zero-order chi connectivity index (χ0) is 14.5. The molecular formula is C8H10F2N4O5. The molecule has 0 fully saturated rings. The summed E-state index contributed by atoms with van der Waals surface area (Å²) < 4.78 is 31.1. The number of aromatic amines is 1. The average molecular weight is 280 g/mol. The van der Waals surface area contributed by atoms with E-state index in [2.05, 4.69) is 14.7 Å². The second-order valence-corrected chi connectivity index (χ2v) is 3.55. The molecule has 0 aliphatic carbocycles. The average Bonchev–Trinajstić information content (AvgIpc) is 2.76. The van der Waals surface area contributed by atoms with E-state index < -0.39 is 42.3 Å². The molecule has 0 spiro atoms. The van der Waals surface area contributed by atoms with Crippen molar-refractivity contribution in [2.45, 2.75) is 12.3 Å². The summed E-state index contributed by atoms with van der Waals surface area (Å²) in [5, 5.41) is 18.4. The first kappa shape index (κ1) is 14.9. The van der Waals surface area contributed by atoms with Gasteiger partial charge in [-0.05, 0) is 4.92 Å². The zero-order valence-electron chi connectivity index (χ0n) is 9.43. The van der Waals surface area contributed by atoms with Gasteiger partial charge in [-0.1, -0.05) is 4.98 Å². The Morgan fingerprint density at radius 2 is 2.37 bits per heavy atom. The number of carbonyl (C=O) groups excluding carboxylic acids is 1. The summed E-state index contributed by atoms with van der Waals surface area (Å²) in [5.74, 6) is -4.93. The number of amides is 1. The van der Waals surface area contributed by atoms with Gasteiger partial charge >= 0.3 is 5.95 Å². The lowest BCUT2D eigenvalue weighted by atomic mass is 10.2. The molecule has 11 heteroatoms. The van der Waals surface area contributed by atoms with Crippen LogP contribution in [0.25, 0.3) is 0 Å². The van der Waals surface area contributed by atoms with Crippen LogP contribution >= 0.6 is 0 Å². The fourth-order valence-corrected chi connectivity index (χ4v) is 1.18. The van der Waals surface area contributed by atoms with Gasteiger partial charge in [0.2, 0.25) is 0 Å². The van der Waals surface area contributed by atoms with E-state index in [4.69, 9.17) is 5.21 Å². The van der Waals surface area contributed by atoms with Crippen LogP contribution in [0.2, 0.25) is 0 Å². The van der Waals surface area contributed by atoms with Crippen LogP contribution in [0.15, 0.2) is 6.20 Å². The Hall–Kier alpha value is -2.14. The van der Waals surface area contributed by atoms with Crippen molar-refractivity contribution < 1.29 is 28.4 Å². The lowest BCUT2D eigenvalue weighted by molar-refractivity contribution is -0.393. The fourth-order valence-electron chi connectivity index (χ4n) is 1.18. The van der Waals surface area contributed by atoms with Crippen molar-refractivity contribution in [1.29, 1.82) is 0 Å². The molecule has 0 atom stereocenters. The van der Waals surface area contributed by atoms with Crippen molar-refractivity contribution in [3.63, 3.8) is 0 Å². The molecule has 0 radical (unpaired) electrons. The molecule has 0 unspecified atom stereocenters. The van der Waals surface area contributed by atoms with Crippen molar-refractivity contribution in [2.75, 3.05) is 13.2 Å². The van der Waals surface area contributed by atoms with Gasteiger partial charge in [0.05, 0.1) is 6.42 Å². The van der Waals surface area contributed by atoms with E-state index in [0.717, 1.165) is 6.20 Å². The van der Waals surface area contributed by atoms with Crippen LogP contribution < -0.4 is 5.48 Å². The summed E-state index contributed by atoms with van der Waals surface area (Å²) in [6.07, 6.45) is 0.0705. The molecule has 0 aliphatic rings. The minimum Gasteiger partial charge on any atom is -0.390 e. The van der Waals surface area contributed by atoms with Gasteiger partial charge in [0.25, 0.3) is 11.8 Å². The summed E-state index contributed by atoms with van der Waals surface area (Å²) in [7, 11) is 0. The van der Waals surface area contributed by atoms with Crippen LogP contribution in [-0.4, -0.2) is 45.1 Å². The van der Waals surface area contributed by atoms with Crippen molar-refractivity contribution in [3.8, 4) is 0 Å². The monoisotopic (exact) mass is 280 g/mol. The van der Waals surface area contributed by atoms with Crippen molar-refractivity contribution in [3.05, 3.63) is 22.0 Å². The zero-order valence-corrected chi connectivity index (χ0v) is 9.43. The third-order valence-electron chi connectivity index (χ3n) is 1.91. The predicted molar refractivity (Wildman–Crippen MR) is 54.6 cm³/mol. The van der Waals surface area contributed by atoms with E-state index in [0.29, 0.717) is 0 Å². The first-order chi connectivity index (χ1) is 8.84. The number of aromatic nitrogens is 2. The summed E-state index contributed by atoms with van der Waals surface area (Å²) in [5.41, 5.74) is 1.08. The first-order valence-electron chi connectivity index (χ1n) is 4.91. The van der Waals surface area contributed by atoms with E-state index in [1.807, 2.05) is 0 Å². The van der Waals surface area contributed by atoms with Gasteiger partial charge in [0, 0.05) is 0 Å². The number of hydroxylamine groups is 1. The van der Waals surface area contributed by atoms with Crippen LogP contribution in [0.5, 0.6) is 0 Å². The van der Waals surface area contributed by atoms with Gasteiger partial charge in [0.1, 0.15) is 25.1 Å². The number of nitro groups is 1. The number of ether oxygens (including phenoxy) is 1. The van der Waals surface area contributed by atoms with E-state index in [-0.39, 0.29) is 5.69 Å². The van der Waals surface area contributed by atoms with E-state index in [9.17, 15) is 23.7 Å². The highest BCUT2D eigenvalue weighted by molar-refractivity contribution is 5.75. The van der Waals surface area contributed by atoms with Crippen LogP contribution in [0, 0.1) is 10.1 Å². The molecule has 0 saturated carbocycles. The molecule has 1 aromatic heterocycles. The maximum atomic E-state index is 13.3. The number of halogens is 2. The fraction of sp³-hybridized carbons (Fsp3) is 0.500. The second-order valence-electron chi connectivity index (χ2n) is 3.55. The second kappa shape index (κ2) is 6.15. The molecule has 0 aromatic carbocycles. The number of imidazole rings is 1. The van der Waals surface area contributed by atoms with Crippen LogP contribution in [0.1, 0.15) is 5.69 Å². The summed E-state index contributed by atoms with van der Waals surface area (Å²) >= 11 is 0. The molecule has 0 aliphatic heterocycles. The molecule has 1 amide bonds. The van der Waals surface area contributed by atoms with E-state index >= 15 is 0 Å². The van der Waals surface area contributed by atoms with Gasteiger partial charge in [-0.3, -0.25) is 10.0 Å². The lowest BCUT2D eigenvalue weighted by Crippen LogP contribution is -2.31. The maximum absolute atomic E-state index is 13.3. The summed E-state index contributed by atoms with van der Waals surface area (Å²) in [6.45, 7) is -1.80. The summed E-state index contributed by atoms with van der Waals surface area (Å²) in [6, 6.07) is 0.